The van der Waals surface area contributed by atoms with Gasteiger partial charge in [-0.25, -0.2) is 0 Å². The maximum absolute atomic E-state index is 9.93. The fourth-order valence-electron chi connectivity index (χ4n) is 2.49. The van der Waals surface area contributed by atoms with Crippen molar-refractivity contribution in [2.75, 3.05) is 20.3 Å². The molecule has 6 atom stereocenters. The minimum absolute atomic E-state index is 0.000701. The molecule has 0 aromatic heterocycles. The zero-order chi connectivity index (χ0) is 11.0. The standard InChI is InChI=1S/C10H18O5/c1-14-6-2-5(3-11)9(12)10(13)8(6)7-4-15-7/h5-13H,2-4H2,1H3. The van der Waals surface area contributed by atoms with Gasteiger partial charge < -0.3 is 24.8 Å². The zero-order valence-electron chi connectivity index (χ0n) is 8.74. The van der Waals surface area contributed by atoms with E-state index in [1.54, 1.807) is 7.11 Å². The van der Waals surface area contributed by atoms with Crippen LogP contribution in [0.4, 0.5) is 0 Å². The fourth-order valence-corrected chi connectivity index (χ4v) is 2.49. The molecule has 1 aliphatic heterocycles. The second kappa shape index (κ2) is 4.35. The lowest BCUT2D eigenvalue weighted by molar-refractivity contribution is -0.145. The summed E-state index contributed by atoms with van der Waals surface area (Å²) in [6, 6.07) is 0. The lowest BCUT2D eigenvalue weighted by atomic mass is 9.74. The van der Waals surface area contributed by atoms with E-state index in [2.05, 4.69) is 0 Å². The molecule has 0 spiro atoms. The largest absolute Gasteiger partial charge is 0.396 e. The van der Waals surface area contributed by atoms with Crippen LogP contribution in [-0.2, 0) is 9.47 Å². The second-order valence-electron chi connectivity index (χ2n) is 4.38. The minimum Gasteiger partial charge on any atom is -0.396 e. The Morgan fingerprint density at radius 2 is 2.00 bits per heavy atom. The Labute approximate surface area is 88.6 Å². The fraction of sp³-hybridized carbons (Fsp3) is 1.00. The van der Waals surface area contributed by atoms with E-state index < -0.39 is 12.2 Å². The number of hydrogen-bond acceptors (Lipinski definition) is 5. The molecule has 2 rings (SSSR count). The van der Waals surface area contributed by atoms with Crippen molar-refractivity contribution in [2.24, 2.45) is 11.8 Å². The minimum atomic E-state index is -0.879. The molecule has 2 aliphatic rings. The molecule has 1 saturated carbocycles. The first-order chi connectivity index (χ1) is 7.19. The normalized spacial score (nSPS) is 50.4. The number of epoxide rings is 1. The first kappa shape index (κ1) is 11.3. The molecule has 3 N–H and O–H groups in total. The van der Waals surface area contributed by atoms with Gasteiger partial charge >= 0.3 is 0 Å². The van der Waals surface area contributed by atoms with Gasteiger partial charge in [0.1, 0.15) is 0 Å². The Morgan fingerprint density at radius 1 is 1.33 bits per heavy atom. The summed E-state index contributed by atoms with van der Waals surface area (Å²) in [5.74, 6) is -0.479. The highest BCUT2D eigenvalue weighted by atomic mass is 16.6. The van der Waals surface area contributed by atoms with Gasteiger partial charge in [0, 0.05) is 25.6 Å². The highest BCUT2D eigenvalue weighted by Crippen LogP contribution is 2.38. The van der Waals surface area contributed by atoms with Crippen LogP contribution in [0.15, 0.2) is 0 Å². The van der Waals surface area contributed by atoms with Gasteiger partial charge in [0.15, 0.2) is 0 Å². The quantitative estimate of drug-likeness (QED) is 0.516. The molecule has 0 bridgehead atoms. The molecule has 2 fully saturated rings. The molecular formula is C10H18O5. The van der Waals surface area contributed by atoms with Crippen molar-refractivity contribution in [3.8, 4) is 0 Å². The maximum atomic E-state index is 9.93. The van der Waals surface area contributed by atoms with Crippen LogP contribution in [0, 0.1) is 11.8 Å². The summed E-state index contributed by atoms with van der Waals surface area (Å²) in [5, 5.41) is 28.8. The molecule has 6 unspecified atom stereocenters. The number of ether oxygens (including phenoxy) is 2. The predicted molar refractivity (Wildman–Crippen MR) is 51.2 cm³/mol. The molecule has 1 saturated heterocycles. The zero-order valence-corrected chi connectivity index (χ0v) is 8.74. The van der Waals surface area contributed by atoms with Gasteiger partial charge in [-0.3, -0.25) is 0 Å². The van der Waals surface area contributed by atoms with Gasteiger partial charge in [0.25, 0.3) is 0 Å². The smallest absolute Gasteiger partial charge is 0.0888 e. The monoisotopic (exact) mass is 218 g/mol. The van der Waals surface area contributed by atoms with E-state index >= 15 is 0 Å². The molecular weight excluding hydrogens is 200 g/mol. The van der Waals surface area contributed by atoms with Crippen molar-refractivity contribution in [3.05, 3.63) is 0 Å². The Bertz CT molecular complexity index is 216. The molecule has 1 heterocycles. The van der Waals surface area contributed by atoms with Gasteiger partial charge in [0.2, 0.25) is 0 Å². The number of rotatable bonds is 3. The van der Waals surface area contributed by atoms with E-state index in [-0.39, 0.29) is 30.7 Å². The first-order valence-electron chi connectivity index (χ1n) is 5.30. The third-order valence-electron chi connectivity index (χ3n) is 3.52. The van der Waals surface area contributed by atoms with Crippen LogP contribution in [0.3, 0.4) is 0 Å². The Kier molecular flexibility index (Phi) is 3.27. The molecule has 88 valence electrons. The van der Waals surface area contributed by atoms with Gasteiger partial charge in [-0.1, -0.05) is 0 Å². The highest BCUT2D eigenvalue weighted by Gasteiger charge is 2.50. The maximum Gasteiger partial charge on any atom is 0.0888 e. The van der Waals surface area contributed by atoms with Crippen molar-refractivity contribution >= 4 is 0 Å². The summed E-state index contributed by atoms with van der Waals surface area (Å²) < 4.78 is 10.4. The van der Waals surface area contributed by atoms with Crippen molar-refractivity contribution in [1.82, 2.24) is 0 Å². The summed E-state index contributed by atoms with van der Waals surface area (Å²) >= 11 is 0. The number of aliphatic hydroxyl groups excluding tert-OH is 3. The van der Waals surface area contributed by atoms with Crippen LogP contribution in [-0.4, -0.2) is 60.1 Å². The Balaban J connectivity index is 2.09. The van der Waals surface area contributed by atoms with E-state index in [9.17, 15) is 10.2 Å². The van der Waals surface area contributed by atoms with E-state index in [1.807, 2.05) is 0 Å². The molecule has 1 aliphatic carbocycles. The van der Waals surface area contributed by atoms with Crippen molar-refractivity contribution < 1.29 is 24.8 Å². The average Bonchev–Trinajstić information content (AvgIpc) is 3.05. The first-order valence-corrected chi connectivity index (χ1v) is 5.30. The topological polar surface area (TPSA) is 82.5 Å². The van der Waals surface area contributed by atoms with Crippen LogP contribution in [0.5, 0.6) is 0 Å². The number of methoxy groups -OCH3 is 1. The molecule has 0 aromatic rings. The highest BCUT2D eigenvalue weighted by molar-refractivity contribution is 4.99. The second-order valence-corrected chi connectivity index (χ2v) is 4.38. The van der Waals surface area contributed by atoms with E-state index in [0.29, 0.717) is 13.0 Å². The number of aliphatic hydroxyl groups is 3. The molecule has 5 heteroatoms. The summed E-state index contributed by atoms with van der Waals surface area (Å²) in [6.07, 6.45) is -1.33. The summed E-state index contributed by atoms with van der Waals surface area (Å²) in [4.78, 5) is 0. The van der Waals surface area contributed by atoms with E-state index in [4.69, 9.17) is 14.6 Å². The number of hydrogen-bond donors (Lipinski definition) is 3. The van der Waals surface area contributed by atoms with Gasteiger partial charge in [-0.15, -0.1) is 0 Å². The summed E-state index contributed by atoms with van der Waals surface area (Å²) in [6.45, 7) is 0.494. The Hall–Kier alpha value is -0.200. The van der Waals surface area contributed by atoms with Crippen LogP contribution >= 0.6 is 0 Å². The lowest BCUT2D eigenvalue weighted by Crippen LogP contribution is -2.53. The van der Waals surface area contributed by atoms with Crippen molar-refractivity contribution in [3.63, 3.8) is 0 Å². The SMILES string of the molecule is COC1CC(CO)C(O)C(O)C1C1CO1. The van der Waals surface area contributed by atoms with Crippen LogP contribution in [0.25, 0.3) is 0 Å². The molecule has 0 radical (unpaired) electrons. The van der Waals surface area contributed by atoms with Gasteiger partial charge in [-0.05, 0) is 6.42 Å². The van der Waals surface area contributed by atoms with Crippen LogP contribution in [0.2, 0.25) is 0 Å². The molecule has 15 heavy (non-hydrogen) atoms. The molecule has 0 amide bonds. The third kappa shape index (κ3) is 2.03. The summed E-state index contributed by atoms with van der Waals surface area (Å²) in [7, 11) is 1.58. The molecule has 0 aromatic carbocycles. The van der Waals surface area contributed by atoms with Crippen LogP contribution < -0.4 is 0 Å². The van der Waals surface area contributed by atoms with Crippen molar-refractivity contribution in [2.45, 2.75) is 30.8 Å². The predicted octanol–water partition coefficient (Wildman–Crippen LogP) is -1.25. The van der Waals surface area contributed by atoms with Crippen molar-refractivity contribution in [1.29, 1.82) is 0 Å². The lowest BCUT2D eigenvalue weighted by Gasteiger charge is -2.41. The third-order valence-corrected chi connectivity index (χ3v) is 3.52. The van der Waals surface area contributed by atoms with E-state index in [1.165, 1.54) is 0 Å². The van der Waals surface area contributed by atoms with Gasteiger partial charge in [0.05, 0.1) is 31.0 Å². The molecule has 5 nitrogen and oxygen atoms in total. The van der Waals surface area contributed by atoms with Gasteiger partial charge in [-0.2, -0.15) is 0 Å². The van der Waals surface area contributed by atoms with Crippen LogP contribution in [0.1, 0.15) is 6.42 Å². The Morgan fingerprint density at radius 3 is 2.47 bits per heavy atom. The summed E-state index contributed by atoms with van der Waals surface area (Å²) in [5.41, 5.74) is 0. The average molecular weight is 218 g/mol. The van der Waals surface area contributed by atoms with E-state index in [0.717, 1.165) is 0 Å².